The zero-order valence-electron chi connectivity index (χ0n) is 8.35. The van der Waals surface area contributed by atoms with E-state index in [9.17, 15) is 14.4 Å². The van der Waals surface area contributed by atoms with Crippen molar-refractivity contribution in [3.63, 3.8) is 0 Å². The van der Waals surface area contributed by atoms with Gasteiger partial charge in [-0.2, -0.15) is 0 Å². The van der Waals surface area contributed by atoms with Gasteiger partial charge in [0.25, 0.3) is 5.91 Å². The fourth-order valence-electron chi connectivity index (χ4n) is 1.51. The maximum absolute atomic E-state index is 11.4. The van der Waals surface area contributed by atoms with E-state index in [1.807, 2.05) is 0 Å². The van der Waals surface area contributed by atoms with Crippen LogP contribution in [0.2, 0.25) is 0 Å². The third-order valence-electron chi connectivity index (χ3n) is 2.42. The lowest BCUT2D eigenvalue weighted by atomic mass is 9.99. The maximum atomic E-state index is 11.4. The molecule has 0 radical (unpaired) electrons. The highest BCUT2D eigenvalue weighted by Crippen LogP contribution is 2.14. The van der Waals surface area contributed by atoms with Crippen LogP contribution in [-0.4, -0.2) is 42.9 Å². The van der Waals surface area contributed by atoms with Crippen molar-refractivity contribution in [1.29, 1.82) is 0 Å². The van der Waals surface area contributed by atoms with Crippen molar-refractivity contribution in [3.8, 4) is 0 Å². The Kier molecular flexibility index (Phi) is 4.08. The first-order valence-electron chi connectivity index (χ1n) is 4.78. The molecule has 0 spiro atoms. The molecule has 1 saturated heterocycles. The number of carbonyl (C=O) groups excluding carboxylic acids is 3. The first kappa shape index (κ1) is 11.5. The van der Waals surface area contributed by atoms with Crippen LogP contribution in [0.1, 0.15) is 12.8 Å². The van der Waals surface area contributed by atoms with Crippen molar-refractivity contribution in [1.82, 2.24) is 4.90 Å². The van der Waals surface area contributed by atoms with Crippen LogP contribution in [0.3, 0.4) is 0 Å². The lowest BCUT2D eigenvalue weighted by molar-refractivity contribution is -0.136. The number of nitrogens with zero attached hydrogens (tertiary/aromatic N) is 1. The Morgan fingerprint density at radius 2 is 2.00 bits per heavy atom. The third-order valence-corrected chi connectivity index (χ3v) is 2.42. The molecule has 0 unspecified atom stereocenters. The van der Waals surface area contributed by atoms with Gasteiger partial charge in [0, 0.05) is 19.0 Å². The molecule has 0 aliphatic carbocycles. The average Bonchev–Trinajstić information content (AvgIpc) is 2.26. The van der Waals surface area contributed by atoms with Gasteiger partial charge in [-0.3, -0.25) is 4.79 Å². The van der Waals surface area contributed by atoms with Crippen molar-refractivity contribution < 1.29 is 19.1 Å². The van der Waals surface area contributed by atoms with E-state index in [-0.39, 0.29) is 18.4 Å². The topological polar surface area (TPSA) is 89.7 Å². The number of rotatable bonds is 3. The van der Waals surface area contributed by atoms with Crippen LogP contribution >= 0.6 is 0 Å². The highest BCUT2D eigenvalue weighted by molar-refractivity contribution is 5.80. The Hall–Kier alpha value is -1.59. The number of piperidine rings is 1. The van der Waals surface area contributed by atoms with Crippen molar-refractivity contribution in [3.05, 3.63) is 0 Å². The van der Waals surface area contributed by atoms with Crippen LogP contribution in [0.5, 0.6) is 0 Å². The van der Waals surface area contributed by atoms with Gasteiger partial charge in [-0.15, -0.1) is 0 Å². The Morgan fingerprint density at radius 3 is 2.47 bits per heavy atom. The molecular formula is C9H14N2O4. The summed E-state index contributed by atoms with van der Waals surface area (Å²) in [6.45, 7) is 0.746. The van der Waals surface area contributed by atoms with Crippen molar-refractivity contribution >= 4 is 18.3 Å². The van der Waals surface area contributed by atoms with Gasteiger partial charge in [-0.05, 0) is 12.8 Å². The number of aldehydes is 1. The number of hydrogen-bond donors (Lipinski definition) is 1. The molecule has 15 heavy (non-hydrogen) atoms. The summed E-state index contributed by atoms with van der Waals surface area (Å²) < 4.78 is 4.39. The second-order valence-corrected chi connectivity index (χ2v) is 3.46. The minimum Gasteiger partial charge on any atom is -0.440 e. The molecule has 1 aliphatic rings. The molecule has 1 aliphatic heterocycles. The standard InChI is InChI=1S/C9H14N2O4/c10-9(14)15-6-8(13)11-3-1-7(5-12)2-4-11/h5,7H,1-4,6H2,(H2,10,14). The highest BCUT2D eigenvalue weighted by atomic mass is 16.5. The molecule has 1 heterocycles. The molecule has 0 aromatic heterocycles. The molecule has 6 nitrogen and oxygen atoms in total. The molecule has 2 amide bonds. The summed E-state index contributed by atoms with van der Waals surface area (Å²) in [7, 11) is 0. The largest absolute Gasteiger partial charge is 0.440 e. The zero-order chi connectivity index (χ0) is 11.3. The zero-order valence-corrected chi connectivity index (χ0v) is 8.35. The van der Waals surface area contributed by atoms with Gasteiger partial charge in [-0.1, -0.05) is 0 Å². The summed E-state index contributed by atoms with van der Waals surface area (Å²) in [5.74, 6) is -0.218. The van der Waals surface area contributed by atoms with Gasteiger partial charge in [0.2, 0.25) is 0 Å². The lowest BCUT2D eigenvalue weighted by Gasteiger charge is -2.29. The molecule has 1 fully saturated rings. The molecule has 1 rings (SSSR count). The molecule has 2 N–H and O–H groups in total. The molecule has 0 aromatic rings. The molecule has 0 bridgehead atoms. The van der Waals surface area contributed by atoms with E-state index in [4.69, 9.17) is 5.73 Å². The van der Waals surface area contributed by atoms with Crippen molar-refractivity contribution in [2.75, 3.05) is 19.7 Å². The van der Waals surface area contributed by atoms with E-state index in [0.29, 0.717) is 25.9 Å². The van der Waals surface area contributed by atoms with Gasteiger partial charge in [0.15, 0.2) is 6.61 Å². The Morgan fingerprint density at radius 1 is 1.40 bits per heavy atom. The second-order valence-electron chi connectivity index (χ2n) is 3.46. The molecule has 6 heteroatoms. The van der Waals surface area contributed by atoms with Gasteiger partial charge >= 0.3 is 6.09 Å². The summed E-state index contributed by atoms with van der Waals surface area (Å²) in [5, 5.41) is 0. The minimum absolute atomic E-state index is 0.0473. The highest BCUT2D eigenvalue weighted by Gasteiger charge is 2.22. The number of likely N-dealkylation sites (tertiary alicyclic amines) is 1. The molecule has 0 saturated carbocycles. The van der Waals surface area contributed by atoms with Crippen LogP contribution in [0, 0.1) is 5.92 Å². The third kappa shape index (κ3) is 3.57. The van der Waals surface area contributed by atoms with Crippen LogP contribution < -0.4 is 5.73 Å². The summed E-state index contributed by atoms with van der Waals surface area (Å²) in [6.07, 6.45) is 1.31. The number of primary amides is 1. The molecular weight excluding hydrogens is 200 g/mol. The fraction of sp³-hybridized carbons (Fsp3) is 0.667. The maximum Gasteiger partial charge on any atom is 0.405 e. The Bertz CT molecular complexity index is 259. The summed E-state index contributed by atoms with van der Waals surface area (Å²) >= 11 is 0. The number of nitrogens with two attached hydrogens (primary N) is 1. The summed E-state index contributed by atoms with van der Waals surface area (Å²) in [4.78, 5) is 33.7. The van der Waals surface area contributed by atoms with Gasteiger partial charge in [0.1, 0.15) is 6.29 Å². The average molecular weight is 214 g/mol. The Labute approximate surface area is 87.4 Å². The van der Waals surface area contributed by atoms with Crippen LogP contribution in [0.4, 0.5) is 4.79 Å². The molecule has 0 aromatic carbocycles. The summed E-state index contributed by atoms with van der Waals surface area (Å²) in [5.41, 5.74) is 4.74. The van der Waals surface area contributed by atoms with Crippen LogP contribution in [-0.2, 0) is 14.3 Å². The number of amides is 2. The van der Waals surface area contributed by atoms with Gasteiger partial charge in [0.05, 0.1) is 0 Å². The van der Waals surface area contributed by atoms with E-state index < -0.39 is 6.09 Å². The van der Waals surface area contributed by atoms with E-state index in [2.05, 4.69) is 4.74 Å². The minimum atomic E-state index is -0.953. The first-order valence-corrected chi connectivity index (χ1v) is 4.78. The summed E-state index contributed by atoms with van der Waals surface area (Å²) in [6, 6.07) is 0. The van der Waals surface area contributed by atoms with Crippen molar-refractivity contribution in [2.24, 2.45) is 11.7 Å². The lowest BCUT2D eigenvalue weighted by Crippen LogP contribution is -2.41. The predicted octanol–water partition coefficient (Wildman–Crippen LogP) is -0.481. The van der Waals surface area contributed by atoms with Crippen LogP contribution in [0.25, 0.3) is 0 Å². The molecule has 84 valence electrons. The Balaban J connectivity index is 2.29. The van der Waals surface area contributed by atoms with Crippen molar-refractivity contribution in [2.45, 2.75) is 12.8 Å². The normalized spacial score (nSPS) is 17.2. The number of hydrogen-bond acceptors (Lipinski definition) is 4. The number of carbonyl (C=O) groups is 3. The predicted molar refractivity (Wildman–Crippen MR) is 50.9 cm³/mol. The van der Waals surface area contributed by atoms with Gasteiger partial charge in [-0.25, -0.2) is 4.79 Å². The number of ether oxygens (including phenoxy) is 1. The second kappa shape index (κ2) is 5.33. The monoisotopic (exact) mass is 214 g/mol. The smallest absolute Gasteiger partial charge is 0.405 e. The van der Waals surface area contributed by atoms with E-state index in [1.54, 1.807) is 4.90 Å². The van der Waals surface area contributed by atoms with Crippen LogP contribution in [0.15, 0.2) is 0 Å². The van der Waals surface area contributed by atoms with E-state index >= 15 is 0 Å². The fourth-order valence-corrected chi connectivity index (χ4v) is 1.51. The SMILES string of the molecule is NC(=O)OCC(=O)N1CCC(C=O)CC1. The first-order chi connectivity index (χ1) is 7.13. The van der Waals surface area contributed by atoms with E-state index in [0.717, 1.165) is 6.29 Å². The molecule has 0 atom stereocenters. The quantitative estimate of drug-likeness (QED) is 0.642. The van der Waals surface area contributed by atoms with Gasteiger partial charge < -0.3 is 20.2 Å². The van der Waals surface area contributed by atoms with E-state index in [1.165, 1.54) is 0 Å².